The van der Waals surface area contributed by atoms with Gasteiger partial charge in [0.15, 0.2) is 0 Å². The van der Waals surface area contributed by atoms with Crippen LogP contribution < -0.4 is 5.32 Å². The summed E-state index contributed by atoms with van der Waals surface area (Å²) in [6, 6.07) is -0.516. The minimum Gasteiger partial charge on any atom is -0.340 e. The summed E-state index contributed by atoms with van der Waals surface area (Å²) in [4.78, 5) is 49.8. The average Bonchev–Trinajstić information content (AvgIpc) is 2.65. The highest BCUT2D eigenvalue weighted by Crippen LogP contribution is 2.13. The first kappa shape index (κ1) is 14.4. The molecule has 2 rings (SSSR count). The van der Waals surface area contributed by atoms with E-state index < -0.39 is 17.8 Å². The number of hydrogen-bond acceptors (Lipinski definition) is 5. The predicted molar refractivity (Wildman–Crippen MR) is 68.5 cm³/mol. The molecular formula is C12H18N4O4. The quantitative estimate of drug-likeness (QED) is 0.509. The van der Waals surface area contributed by atoms with Crippen molar-refractivity contribution >= 4 is 23.8 Å². The monoisotopic (exact) mass is 282 g/mol. The van der Waals surface area contributed by atoms with Gasteiger partial charge in [-0.15, -0.1) is 0 Å². The second kappa shape index (κ2) is 5.58. The number of carbonyl (C=O) groups is 4. The molecule has 0 bridgehead atoms. The van der Waals surface area contributed by atoms with Gasteiger partial charge in [-0.1, -0.05) is 0 Å². The van der Waals surface area contributed by atoms with Crippen molar-refractivity contribution < 1.29 is 19.2 Å². The minimum absolute atomic E-state index is 0.224. The second-order valence-electron chi connectivity index (χ2n) is 5.01. The highest BCUT2D eigenvalue weighted by molar-refractivity contribution is 6.44. The van der Waals surface area contributed by atoms with Crippen LogP contribution in [-0.2, 0) is 14.4 Å². The van der Waals surface area contributed by atoms with Gasteiger partial charge in [-0.05, 0) is 19.9 Å². The number of hydrogen-bond donors (Lipinski definition) is 1. The first-order valence-electron chi connectivity index (χ1n) is 6.54. The van der Waals surface area contributed by atoms with Crippen LogP contribution >= 0.6 is 0 Å². The lowest BCUT2D eigenvalue weighted by Crippen LogP contribution is -2.50. The third kappa shape index (κ3) is 2.51. The Balaban J connectivity index is 1.99. The molecule has 5 amide bonds. The number of nitrogens with zero attached hydrogens (tertiary/aromatic N) is 3. The Morgan fingerprint density at radius 3 is 2.55 bits per heavy atom. The van der Waals surface area contributed by atoms with E-state index in [9.17, 15) is 19.2 Å². The van der Waals surface area contributed by atoms with E-state index in [2.05, 4.69) is 5.32 Å². The summed E-state index contributed by atoms with van der Waals surface area (Å²) >= 11 is 0. The molecule has 0 aromatic carbocycles. The molecule has 2 fully saturated rings. The molecule has 8 heteroatoms. The normalized spacial score (nSPS) is 23.8. The number of amides is 5. The van der Waals surface area contributed by atoms with E-state index in [1.807, 2.05) is 7.05 Å². The van der Waals surface area contributed by atoms with Gasteiger partial charge in [-0.2, -0.15) is 0 Å². The molecule has 1 atom stereocenters. The van der Waals surface area contributed by atoms with Crippen LogP contribution in [0.15, 0.2) is 0 Å². The largest absolute Gasteiger partial charge is 0.340 e. The van der Waals surface area contributed by atoms with Crippen molar-refractivity contribution in [1.82, 2.24) is 20.0 Å². The Morgan fingerprint density at radius 2 is 2.00 bits per heavy atom. The SMILES string of the molecule is CNC1CCCN(C(=O)CN2C(=O)C(=O)N(C)C2=O)C1. The smallest absolute Gasteiger partial charge is 0.334 e. The van der Waals surface area contributed by atoms with E-state index in [1.54, 1.807) is 4.90 Å². The third-order valence-corrected chi connectivity index (χ3v) is 3.73. The van der Waals surface area contributed by atoms with Gasteiger partial charge in [0, 0.05) is 26.2 Å². The van der Waals surface area contributed by atoms with Crippen LogP contribution in [0.4, 0.5) is 4.79 Å². The lowest BCUT2D eigenvalue weighted by Gasteiger charge is -2.33. The number of rotatable bonds is 3. The van der Waals surface area contributed by atoms with E-state index in [0.29, 0.717) is 18.0 Å². The Labute approximate surface area is 116 Å². The van der Waals surface area contributed by atoms with Crippen molar-refractivity contribution in [2.24, 2.45) is 0 Å². The average molecular weight is 282 g/mol. The molecule has 0 spiro atoms. The van der Waals surface area contributed by atoms with Crippen molar-refractivity contribution in [2.75, 3.05) is 33.7 Å². The molecule has 8 nitrogen and oxygen atoms in total. The van der Waals surface area contributed by atoms with Crippen molar-refractivity contribution in [1.29, 1.82) is 0 Å². The Morgan fingerprint density at radius 1 is 1.30 bits per heavy atom. The van der Waals surface area contributed by atoms with Crippen molar-refractivity contribution in [3.05, 3.63) is 0 Å². The van der Waals surface area contributed by atoms with Crippen LogP contribution in [0.3, 0.4) is 0 Å². The van der Waals surface area contributed by atoms with Gasteiger partial charge in [0.05, 0.1) is 0 Å². The summed E-state index contributed by atoms with van der Waals surface area (Å²) in [5.41, 5.74) is 0. The standard InChI is InChI=1S/C12H18N4O4/c1-13-8-4-3-5-15(6-8)9(17)7-16-11(19)10(18)14(2)12(16)20/h8,13H,3-7H2,1-2H3. The van der Waals surface area contributed by atoms with Gasteiger partial charge < -0.3 is 10.2 Å². The number of nitrogens with one attached hydrogen (secondary N) is 1. The van der Waals surface area contributed by atoms with E-state index in [4.69, 9.17) is 0 Å². The first-order valence-corrected chi connectivity index (χ1v) is 6.54. The van der Waals surface area contributed by atoms with Gasteiger partial charge in [0.1, 0.15) is 6.54 Å². The lowest BCUT2D eigenvalue weighted by atomic mass is 10.1. The molecule has 0 saturated carbocycles. The van der Waals surface area contributed by atoms with E-state index >= 15 is 0 Å². The van der Waals surface area contributed by atoms with E-state index in [-0.39, 0.29) is 18.5 Å². The molecule has 0 aromatic heterocycles. The topological polar surface area (TPSA) is 90.0 Å². The molecule has 0 aromatic rings. The lowest BCUT2D eigenvalue weighted by molar-refractivity contribution is -0.144. The summed E-state index contributed by atoms with van der Waals surface area (Å²) in [7, 11) is 3.06. The molecule has 110 valence electrons. The summed E-state index contributed by atoms with van der Waals surface area (Å²) in [6.45, 7) is 0.788. The zero-order valence-electron chi connectivity index (χ0n) is 11.6. The van der Waals surface area contributed by atoms with Gasteiger partial charge in [0.2, 0.25) is 5.91 Å². The van der Waals surface area contributed by atoms with Crippen LogP contribution in [0.25, 0.3) is 0 Å². The van der Waals surface area contributed by atoms with Gasteiger partial charge in [0.25, 0.3) is 0 Å². The van der Waals surface area contributed by atoms with Crippen LogP contribution in [0, 0.1) is 0 Å². The molecular weight excluding hydrogens is 264 g/mol. The highest BCUT2D eigenvalue weighted by Gasteiger charge is 2.43. The predicted octanol–water partition coefficient (Wildman–Crippen LogP) is -1.38. The molecule has 0 aliphatic carbocycles. The summed E-state index contributed by atoms with van der Waals surface area (Å²) in [5, 5.41) is 3.11. The maximum absolute atomic E-state index is 12.1. The summed E-state index contributed by atoms with van der Waals surface area (Å²) in [6.07, 6.45) is 1.86. The van der Waals surface area contributed by atoms with Crippen LogP contribution in [0.5, 0.6) is 0 Å². The Bertz CT molecular complexity index is 464. The Hall–Kier alpha value is -1.96. The Kier molecular flexibility index (Phi) is 4.03. The third-order valence-electron chi connectivity index (χ3n) is 3.73. The minimum atomic E-state index is -0.937. The van der Waals surface area contributed by atoms with Crippen molar-refractivity contribution in [2.45, 2.75) is 18.9 Å². The fourth-order valence-electron chi connectivity index (χ4n) is 2.43. The number of carbonyl (C=O) groups excluding carboxylic acids is 4. The molecule has 1 N–H and O–H groups in total. The molecule has 2 aliphatic heterocycles. The van der Waals surface area contributed by atoms with Gasteiger partial charge in [-0.3, -0.25) is 19.3 Å². The fraction of sp³-hybridized carbons (Fsp3) is 0.667. The second-order valence-corrected chi connectivity index (χ2v) is 5.01. The molecule has 0 radical (unpaired) electrons. The molecule has 2 saturated heterocycles. The van der Waals surface area contributed by atoms with Gasteiger partial charge in [-0.25, -0.2) is 9.69 Å². The van der Waals surface area contributed by atoms with Crippen molar-refractivity contribution in [3.63, 3.8) is 0 Å². The molecule has 2 heterocycles. The molecule has 1 unspecified atom stereocenters. The van der Waals surface area contributed by atoms with Crippen LogP contribution in [0.2, 0.25) is 0 Å². The number of imide groups is 2. The number of piperidine rings is 1. The summed E-state index contributed by atoms with van der Waals surface area (Å²) < 4.78 is 0. The van der Waals surface area contributed by atoms with Crippen molar-refractivity contribution in [3.8, 4) is 0 Å². The highest BCUT2D eigenvalue weighted by atomic mass is 16.2. The number of likely N-dealkylation sites (N-methyl/N-ethyl adjacent to an activating group) is 2. The van der Waals surface area contributed by atoms with Gasteiger partial charge >= 0.3 is 17.8 Å². The van der Waals surface area contributed by atoms with Crippen LogP contribution in [-0.4, -0.2) is 78.2 Å². The molecule has 2 aliphatic rings. The number of urea groups is 1. The zero-order valence-corrected chi connectivity index (χ0v) is 11.6. The number of likely N-dealkylation sites (tertiary alicyclic amines) is 1. The maximum Gasteiger partial charge on any atom is 0.334 e. The molecule has 20 heavy (non-hydrogen) atoms. The first-order chi connectivity index (χ1) is 9.45. The van der Waals surface area contributed by atoms with Crippen LogP contribution in [0.1, 0.15) is 12.8 Å². The zero-order chi connectivity index (χ0) is 14.9. The summed E-state index contributed by atoms with van der Waals surface area (Å²) in [5.74, 6) is -2.14. The van der Waals surface area contributed by atoms with E-state index in [0.717, 1.165) is 17.7 Å². The van der Waals surface area contributed by atoms with E-state index in [1.165, 1.54) is 7.05 Å². The maximum atomic E-state index is 12.1. The fourth-order valence-corrected chi connectivity index (χ4v) is 2.43.